The monoisotopic (exact) mass is 387 g/mol. The van der Waals surface area contributed by atoms with E-state index in [2.05, 4.69) is 47.5 Å². The minimum Gasteiger partial charge on any atom is -0.381 e. The van der Waals surface area contributed by atoms with E-state index >= 15 is 0 Å². The molecular weight excluding hydrogens is 350 g/mol. The largest absolute Gasteiger partial charge is 0.381 e. The second-order valence-electron chi connectivity index (χ2n) is 7.89. The average Bonchev–Trinajstić information content (AvgIpc) is 2.75. The fourth-order valence-corrected chi connectivity index (χ4v) is 4.06. The molecule has 0 aromatic heterocycles. The van der Waals surface area contributed by atoms with E-state index in [-0.39, 0.29) is 0 Å². The van der Waals surface area contributed by atoms with Gasteiger partial charge in [-0.1, -0.05) is 30.3 Å². The highest BCUT2D eigenvalue weighted by Gasteiger charge is 2.21. The molecule has 5 nitrogen and oxygen atoms in total. The van der Waals surface area contributed by atoms with Gasteiger partial charge in [-0.3, -0.25) is 4.99 Å². The highest BCUT2D eigenvalue weighted by Crippen LogP contribution is 2.21. The molecule has 3 rings (SSSR count). The number of piperidine rings is 1. The van der Waals surface area contributed by atoms with E-state index in [1.54, 1.807) is 0 Å². The fraction of sp³-hybridized carbons (Fsp3) is 0.696. The van der Waals surface area contributed by atoms with E-state index in [0.717, 1.165) is 77.1 Å². The van der Waals surface area contributed by atoms with Crippen LogP contribution in [0.4, 0.5) is 0 Å². The van der Waals surface area contributed by atoms with Crippen LogP contribution in [0.15, 0.2) is 35.3 Å². The van der Waals surface area contributed by atoms with Crippen LogP contribution < -0.4 is 5.32 Å². The van der Waals surface area contributed by atoms with Crippen LogP contribution in [0.5, 0.6) is 0 Å². The molecule has 1 aromatic carbocycles. The maximum absolute atomic E-state index is 5.96. The summed E-state index contributed by atoms with van der Waals surface area (Å²) in [5, 5.41) is 3.48. The number of hydrogen-bond acceptors (Lipinski definition) is 3. The Kier molecular flexibility index (Phi) is 9.11. The number of rotatable bonds is 8. The van der Waals surface area contributed by atoms with Crippen molar-refractivity contribution < 1.29 is 9.47 Å². The molecule has 0 aliphatic carbocycles. The molecule has 0 amide bonds. The van der Waals surface area contributed by atoms with Crippen molar-refractivity contribution >= 4 is 5.96 Å². The predicted molar refractivity (Wildman–Crippen MR) is 115 cm³/mol. The van der Waals surface area contributed by atoms with Crippen LogP contribution in [0.25, 0.3) is 0 Å². The summed E-state index contributed by atoms with van der Waals surface area (Å²) in [4.78, 5) is 7.29. The van der Waals surface area contributed by atoms with Gasteiger partial charge in [-0.25, -0.2) is 0 Å². The number of guanidine groups is 1. The van der Waals surface area contributed by atoms with Crippen LogP contribution in [0.3, 0.4) is 0 Å². The zero-order chi connectivity index (χ0) is 19.4. The number of likely N-dealkylation sites (tertiary alicyclic amines) is 1. The molecule has 0 bridgehead atoms. The molecule has 2 saturated heterocycles. The van der Waals surface area contributed by atoms with E-state index in [9.17, 15) is 0 Å². The third-order valence-corrected chi connectivity index (χ3v) is 5.70. The molecular formula is C23H37N3O2. The zero-order valence-corrected chi connectivity index (χ0v) is 17.4. The van der Waals surface area contributed by atoms with Crippen LogP contribution in [-0.2, 0) is 15.9 Å². The second-order valence-corrected chi connectivity index (χ2v) is 7.89. The first-order valence-electron chi connectivity index (χ1n) is 11.1. The van der Waals surface area contributed by atoms with Crippen molar-refractivity contribution in [3.63, 3.8) is 0 Å². The van der Waals surface area contributed by atoms with Gasteiger partial charge in [-0.05, 0) is 56.9 Å². The Hall–Kier alpha value is -1.59. The number of ether oxygens (including phenoxy) is 2. The Labute approximate surface area is 170 Å². The van der Waals surface area contributed by atoms with Gasteiger partial charge in [0.2, 0.25) is 0 Å². The van der Waals surface area contributed by atoms with Gasteiger partial charge in [0.1, 0.15) is 0 Å². The molecule has 2 heterocycles. The average molecular weight is 388 g/mol. The molecule has 0 atom stereocenters. The maximum atomic E-state index is 5.96. The van der Waals surface area contributed by atoms with Gasteiger partial charge >= 0.3 is 0 Å². The van der Waals surface area contributed by atoms with E-state index in [0.29, 0.717) is 6.10 Å². The molecule has 28 heavy (non-hydrogen) atoms. The Morgan fingerprint density at radius 3 is 2.61 bits per heavy atom. The number of nitrogens with zero attached hydrogens (tertiary/aromatic N) is 2. The van der Waals surface area contributed by atoms with Gasteiger partial charge in [-0.2, -0.15) is 0 Å². The number of aliphatic imine (C=N–C) groups is 1. The first-order chi connectivity index (χ1) is 13.8. The molecule has 2 aliphatic heterocycles. The third kappa shape index (κ3) is 7.10. The van der Waals surface area contributed by atoms with Crippen molar-refractivity contribution in [3.8, 4) is 0 Å². The summed E-state index contributed by atoms with van der Waals surface area (Å²) in [6.07, 6.45) is 7.11. The van der Waals surface area contributed by atoms with Crippen molar-refractivity contribution in [3.05, 3.63) is 35.9 Å². The second kappa shape index (κ2) is 12.1. The number of benzene rings is 1. The van der Waals surface area contributed by atoms with E-state index in [1.165, 1.54) is 24.8 Å². The molecule has 0 spiro atoms. The fourth-order valence-electron chi connectivity index (χ4n) is 4.06. The molecule has 5 heteroatoms. The lowest BCUT2D eigenvalue weighted by Gasteiger charge is -2.34. The molecule has 0 saturated carbocycles. The summed E-state index contributed by atoms with van der Waals surface area (Å²) in [7, 11) is 0. The molecule has 1 aromatic rings. The minimum absolute atomic E-state index is 0.384. The van der Waals surface area contributed by atoms with E-state index in [1.807, 2.05) is 0 Å². The Bertz CT molecular complexity index is 564. The number of nitrogens with one attached hydrogen (secondary N) is 1. The van der Waals surface area contributed by atoms with Crippen molar-refractivity contribution in [2.75, 3.05) is 46.0 Å². The molecule has 0 unspecified atom stereocenters. The number of hydrogen-bond donors (Lipinski definition) is 1. The van der Waals surface area contributed by atoms with Crippen LogP contribution >= 0.6 is 0 Å². The predicted octanol–water partition coefficient (Wildman–Crippen LogP) is 3.49. The van der Waals surface area contributed by atoms with Crippen molar-refractivity contribution in [1.29, 1.82) is 0 Å². The Morgan fingerprint density at radius 1 is 1.14 bits per heavy atom. The highest BCUT2D eigenvalue weighted by molar-refractivity contribution is 5.80. The maximum Gasteiger partial charge on any atom is 0.193 e. The van der Waals surface area contributed by atoms with Gasteiger partial charge in [0.25, 0.3) is 0 Å². The standard InChI is InChI=1S/C23H37N3O2/c1-2-24-23(25-13-6-16-28-22-11-17-27-18-12-22)26-14-9-21(10-15-26)19-20-7-4-3-5-8-20/h3-5,7-8,21-22H,2,6,9-19H2,1H3,(H,24,25). The van der Waals surface area contributed by atoms with E-state index < -0.39 is 0 Å². The molecule has 1 N–H and O–H groups in total. The molecule has 156 valence electrons. The van der Waals surface area contributed by atoms with E-state index in [4.69, 9.17) is 14.5 Å². The quantitative estimate of drug-likeness (QED) is 0.421. The normalized spacial score (nSPS) is 19.8. The summed E-state index contributed by atoms with van der Waals surface area (Å²) in [6.45, 7) is 8.57. The van der Waals surface area contributed by atoms with Gasteiger partial charge in [0.05, 0.1) is 6.10 Å². The molecule has 0 radical (unpaired) electrons. The summed E-state index contributed by atoms with van der Waals surface area (Å²) in [5.74, 6) is 1.86. The van der Waals surface area contributed by atoms with Gasteiger partial charge in [-0.15, -0.1) is 0 Å². The van der Waals surface area contributed by atoms with Gasteiger partial charge in [0, 0.05) is 46.0 Å². The first-order valence-corrected chi connectivity index (χ1v) is 11.1. The highest BCUT2D eigenvalue weighted by atomic mass is 16.5. The van der Waals surface area contributed by atoms with Crippen LogP contribution in [0.2, 0.25) is 0 Å². The minimum atomic E-state index is 0.384. The third-order valence-electron chi connectivity index (χ3n) is 5.70. The summed E-state index contributed by atoms with van der Waals surface area (Å²) in [5.41, 5.74) is 1.46. The summed E-state index contributed by atoms with van der Waals surface area (Å²) >= 11 is 0. The lowest BCUT2D eigenvalue weighted by atomic mass is 9.90. The van der Waals surface area contributed by atoms with Gasteiger partial charge < -0.3 is 19.7 Å². The summed E-state index contributed by atoms with van der Waals surface area (Å²) < 4.78 is 11.3. The Balaban J connectivity index is 1.37. The lowest BCUT2D eigenvalue weighted by molar-refractivity contribution is -0.0318. The smallest absolute Gasteiger partial charge is 0.193 e. The van der Waals surface area contributed by atoms with Crippen LogP contribution in [0.1, 0.15) is 44.6 Å². The molecule has 2 fully saturated rings. The molecule has 2 aliphatic rings. The Morgan fingerprint density at radius 2 is 1.89 bits per heavy atom. The SMILES string of the molecule is CCNC(=NCCCOC1CCOCC1)N1CCC(Cc2ccccc2)CC1. The van der Waals surface area contributed by atoms with Crippen molar-refractivity contribution in [2.24, 2.45) is 10.9 Å². The van der Waals surface area contributed by atoms with Crippen LogP contribution in [0, 0.1) is 5.92 Å². The first kappa shape index (κ1) is 21.1. The van der Waals surface area contributed by atoms with Crippen molar-refractivity contribution in [1.82, 2.24) is 10.2 Å². The summed E-state index contributed by atoms with van der Waals surface area (Å²) in [6, 6.07) is 10.9. The van der Waals surface area contributed by atoms with Crippen LogP contribution in [-0.4, -0.2) is 63.0 Å². The topological polar surface area (TPSA) is 46.1 Å². The zero-order valence-electron chi connectivity index (χ0n) is 17.4. The van der Waals surface area contributed by atoms with Crippen molar-refractivity contribution in [2.45, 2.75) is 51.6 Å². The lowest BCUT2D eigenvalue weighted by Crippen LogP contribution is -2.46. The van der Waals surface area contributed by atoms with Gasteiger partial charge in [0.15, 0.2) is 5.96 Å².